The minimum Gasteiger partial charge on any atom is -0.364 e. The summed E-state index contributed by atoms with van der Waals surface area (Å²) in [4.78, 5) is 11.7. The smallest absolute Gasteiger partial charge is 0.164 e. The van der Waals surface area contributed by atoms with Crippen LogP contribution in [0.3, 0.4) is 0 Å². The van der Waals surface area contributed by atoms with Crippen molar-refractivity contribution in [3.8, 4) is 0 Å². The minimum absolute atomic E-state index is 0.0386. The molecule has 0 aromatic heterocycles. The number of Topliss-reactive ketones (excluding diaryl/α,β-unsaturated/α-hetero) is 1. The van der Waals surface area contributed by atoms with Gasteiger partial charge < -0.3 is 10.1 Å². The van der Waals surface area contributed by atoms with Crippen molar-refractivity contribution in [3.05, 3.63) is 35.6 Å². The summed E-state index contributed by atoms with van der Waals surface area (Å²) in [7, 11) is 0. The topological polar surface area (TPSA) is 38.3 Å². The van der Waals surface area contributed by atoms with Gasteiger partial charge in [-0.1, -0.05) is 12.1 Å². The zero-order valence-corrected chi connectivity index (χ0v) is 9.78. The molecule has 0 aliphatic carbocycles. The van der Waals surface area contributed by atoms with Crippen LogP contribution in [0.2, 0.25) is 0 Å². The quantitative estimate of drug-likeness (QED) is 0.869. The predicted molar refractivity (Wildman–Crippen MR) is 62.1 cm³/mol. The van der Waals surface area contributed by atoms with Gasteiger partial charge >= 0.3 is 0 Å². The minimum atomic E-state index is -0.395. The Morgan fingerprint density at radius 1 is 1.41 bits per heavy atom. The van der Waals surface area contributed by atoms with E-state index in [0.29, 0.717) is 13.0 Å². The standard InChI is InChI=1S/C13H16FNO2/c1-9-13(12(16)6-7-15-9)17-8-10-2-4-11(14)5-3-10/h2-5,9,13,15H,6-8H2,1H3. The number of nitrogens with one attached hydrogen (secondary N) is 1. The molecule has 1 aliphatic rings. The van der Waals surface area contributed by atoms with Crippen LogP contribution < -0.4 is 5.32 Å². The molecule has 2 unspecified atom stereocenters. The van der Waals surface area contributed by atoms with Crippen LogP contribution in [-0.2, 0) is 16.1 Å². The van der Waals surface area contributed by atoms with Crippen molar-refractivity contribution in [2.24, 2.45) is 0 Å². The average Bonchev–Trinajstić information content (AvgIpc) is 2.31. The van der Waals surface area contributed by atoms with Gasteiger partial charge in [-0.25, -0.2) is 4.39 Å². The van der Waals surface area contributed by atoms with Crippen LogP contribution in [0.4, 0.5) is 4.39 Å². The van der Waals surface area contributed by atoms with Crippen molar-refractivity contribution in [1.82, 2.24) is 5.32 Å². The van der Waals surface area contributed by atoms with Gasteiger partial charge in [0.15, 0.2) is 5.78 Å². The molecule has 1 aromatic carbocycles. The summed E-state index contributed by atoms with van der Waals surface area (Å²) in [5.41, 5.74) is 0.872. The lowest BCUT2D eigenvalue weighted by Gasteiger charge is -2.28. The molecule has 0 amide bonds. The van der Waals surface area contributed by atoms with E-state index in [1.807, 2.05) is 6.92 Å². The Labute approximate surface area is 100.0 Å². The molecule has 1 aliphatic heterocycles. The molecule has 0 radical (unpaired) electrons. The summed E-state index contributed by atoms with van der Waals surface area (Å²) in [6.07, 6.45) is 0.118. The van der Waals surface area contributed by atoms with E-state index < -0.39 is 6.10 Å². The predicted octanol–water partition coefficient (Wildman–Crippen LogP) is 1.66. The molecule has 0 bridgehead atoms. The monoisotopic (exact) mass is 237 g/mol. The van der Waals surface area contributed by atoms with E-state index in [1.165, 1.54) is 12.1 Å². The Bertz CT molecular complexity index is 391. The summed E-state index contributed by atoms with van der Waals surface area (Å²) in [5.74, 6) is -0.129. The number of carbonyl (C=O) groups excluding carboxylic acids is 1. The Balaban J connectivity index is 1.92. The number of carbonyl (C=O) groups is 1. The van der Waals surface area contributed by atoms with Crippen LogP contribution in [0.25, 0.3) is 0 Å². The van der Waals surface area contributed by atoms with Gasteiger partial charge in [0.05, 0.1) is 6.61 Å². The Hall–Kier alpha value is -1.26. The zero-order chi connectivity index (χ0) is 12.3. The van der Waals surface area contributed by atoms with Crippen LogP contribution in [0, 0.1) is 5.82 Å². The Morgan fingerprint density at radius 3 is 2.76 bits per heavy atom. The van der Waals surface area contributed by atoms with Crippen LogP contribution >= 0.6 is 0 Å². The molecular weight excluding hydrogens is 221 g/mol. The lowest BCUT2D eigenvalue weighted by molar-refractivity contribution is -0.135. The van der Waals surface area contributed by atoms with Gasteiger partial charge in [-0.15, -0.1) is 0 Å². The molecule has 1 saturated heterocycles. The van der Waals surface area contributed by atoms with E-state index in [9.17, 15) is 9.18 Å². The highest BCUT2D eigenvalue weighted by Crippen LogP contribution is 2.12. The van der Waals surface area contributed by atoms with Gasteiger partial charge in [0, 0.05) is 19.0 Å². The lowest BCUT2D eigenvalue weighted by Crippen LogP contribution is -2.49. The maximum absolute atomic E-state index is 12.7. The highest BCUT2D eigenvalue weighted by molar-refractivity contribution is 5.84. The normalized spacial score (nSPS) is 24.9. The van der Waals surface area contributed by atoms with E-state index in [4.69, 9.17) is 4.74 Å². The van der Waals surface area contributed by atoms with Crippen LogP contribution in [0.15, 0.2) is 24.3 Å². The van der Waals surface area contributed by atoms with Crippen molar-refractivity contribution in [3.63, 3.8) is 0 Å². The summed E-state index contributed by atoms with van der Waals surface area (Å²) in [5, 5.41) is 3.20. The summed E-state index contributed by atoms with van der Waals surface area (Å²) in [6, 6.07) is 6.16. The second-order valence-electron chi connectivity index (χ2n) is 4.32. The van der Waals surface area contributed by atoms with Gasteiger partial charge in [-0.05, 0) is 24.6 Å². The average molecular weight is 237 g/mol. The number of rotatable bonds is 3. The van der Waals surface area contributed by atoms with Crippen LogP contribution in [-0.4, -0.2) is 24.5 Å². The fourth-order valence-electron chi connectivity index (χ4n) is 1.96. The lowest BCUT2D eigenvalue weighted by atomic mass is 10.0. The molecule has 1 N–H and O–H groups in total. The fourth-order valence-corrected chi connectivity index (χ4v) is 1.96. The van der Waals surface area contributed by atoms with Gasteiger partial charge in [0.2, 0.25) is 0 Å². The van der Waals surface area contributed by atoms with E-state index in [0.717, 1.165) is 12.1 Å². The van der Waals surface area contributed by atoms with E-state index in [-0.39, 0.29) is 17.6 Å². The van der Waals surface area contributed by atoms with Crippen molar-refractivity contribution < 1.29 is 13.9 Å². The highest BCUT2D eigenvalue weighted by atomic mass is 19.1. The largest absolute Gasteiger partial charge is 0.364 e. The maximum Gasteiger partial charge on any atom is 0.164 e. The number of hydrogen-bond donors (Lipinski definition) is 1. The first-order valence-corrected chi connectivity index (χ1v) is 5.79. The third kappa shape index (κ3) is 3.11. The van der Waals surface area contributed by atoms with Crippen molar-refractivity contribution >= 4 is 5.78 Å². The number of ether oxygens (including phenoxy) is 1. The summed E-state index contributed by atoms with van der Waals surface area (Å²) >= 11 is 0. The molecule has 1 fully saturated rings. The van der Waals surface area contributed by atoms with E-state index >= 15 is 0 Å². The molecular formula is C13H16FNO2. The van der Waals surface area contributed by atoms with Crippen molar-refractivity contribution in [2.45, 2.75) is 32.1 Å². The first-order valence-electron chi connectivity index (χ1n) is 5.79. The van der Waals surface area contributed by atoms with Crippen LogP contribution in [0.1, 0.15) is 18.9 Å². The maximum atomic E-state index is 12.7. The summed E-state index contributed by atoms with van der Waals surface area (Å²) in [6.45, 7) is 2.99. The van der Waals surface area contributed by atoms with Gasteiger partial charge in [-0.3, -0.25) is 4.79 Å². The fraction of sp³-hybridized carbons (Fsp3) is 0.462. The molecule has 2 rings (SSSR count). The SMILES string of the molecule is CC1NCCC(=O)C1OCc1ccc(F)cc1. The van der Waals surface area contributed by atoms with E-state index in [1.54, 1.807) is 12.1 Å². The molecule has 4 heteroatoms. The molecule has 92 valence electrons. The van der Waals surface area contributed by atoms with Gasteiger partial charge in [0.25, 0.3) is 0 Å². The first-order chi connectivity index (χ1) is 8.16. The van der Waals surface area contributed by atoms with Crippen molar-refractivity contribution in [1.29, 1.82) is 0 Å². The third-order valence-electron chi connectivity index (χ3n) is 2.95. The number of ketones is 1. The third-order valence-corrected chi connectivity index (χ3v) is 2.95. The molecule has 0 saturated carbocycles. The number of piperidine rings is 1. The second kappa shape index (κ2) is 5.38. The summed E-state index contributed by atoms with van der Waals surface area (Å²) < 4.78 is 18.3. The Morgan fingerprint density at radius 2 is 2.12 bits per heavy atom. The number of benzene rings is 1. The molecule has 1 aromatic rings. The van der Waals surface area contributed by atoms with Gasteiger partial charge in [0.1, 0.15) is 11.9 Å². The highest BCUT2D eigenvalue weighted by Gasteiger charge is 2.28. The molecule has 17 heavy (non-hydrogen) atoms. The van der Waals surface area contributed by atoms with Gasteiger partial charge in [-0.2, -0.15) is 0 Å². The number of hydrogen-bond acceptors (Lipinski definition) is 3. The molecule has 0 spiro atoms. The first kappa shape index (κ1) is 12.2. The molecule has 3 nitrogen and oxygen atoms in total. The van der Waals surface area contributed by atoms with E-state index in [2.05, 4.69) is 5.32 Å². The molecule has 1 heterocycles. The molecule has 2 atom stereocenters. The number of halogens is 1. The van der Waals surface area contributed by atoms with Crippen LogP contribution in [0.5, 0.6) is 0 Å². The van der Waals surface area contributed by atoms with Crippen molar-refractivity contribution in [2.75, 3.05) is 6.54 Å². The Kier molecular flexibility index (Phi) is 3.86. The second-order valence-corrected chi connectivity index (χ2v) is 4.32. The zero-order valence-electron chi connectivity index (χ0n) is 9.78.